The highest BCUT2D eigenvalue weighted by molar-refractivity contribution is 6.22. The molecule has 28 heavy (non-hydrogen) atoms. The van der Waals surface area contributed by atoms with Crippen LogP contribution in [0, 0.1) is 0 Å². The molecule has 0 fully saturated rings. The molecule has 3 rings (SSSR count). The molecule has 0 saturated carbocycles. The number of benzene rings is 1. The molecule has 0 aliphatic carbocycles. The third-order valence-electron chi connectivity index (χ3n) is 4.05. The first-order valence-corrected chi connectivity index (χ1v) is 8.77. The van der Waals surface area contributed by atoms with E-state index in [9.17, 15) is 19.2 Å². The summed E-state index contributed by atoms with van der Waals surface area (Å²) in [7, 11) is 0. The van der Waals surface area contributed by atoms with Crippen LogP contribution in [0.1, 0.15) is 57.6 Å². The van der Waals surface area contributed by atoms with Gasteiger partial charge in [-0.2, -0.15) is 0 Å². The number of carbonyl (C=O) groups is 4. The molecule has 0 atom stereocenters. The van der Waals surface area contributed by atoms with E-state index in [1.165, 1.54) is 24.5 Å². The van der Waals surface area contributed by atoms with Crippen LogP contribution in [0.2, 0.25) is 0 Å². The summed E-state index contributed by atoms with van der Waals surface area (Å²) in [5.41, 5.74) is 0.185. The zero-order chi connectivity index (χ0) is 20.5. The number of amides is 4. The highest BCUT2D eigenvalue weighted by Crippen LogP contribution is 2.25. The molecule has 8 nitrogen and oxygen atoms in total. The molecular weight excluding hydrogens is 362 g/mol. The largest absolute Gasteiger partial charge is 0.467 e. The second kappa shape index (κ2) is 7.30. The first kappa shape index (κ1) is 19.3. The number of carbonyl (C=O) groups excluding carboxylic acids is 4. The fraction of sp³-hybridized carbons (Fsp3) is 0.300. The van der Waals surface area contributed by atoms with Gasteiger partial charge in [0.1, 0.15) is 5.76 Å². The van der Waals surface area contributed by atoms with Crippen molar-refractivity contribution in [2.45, 2.75) is 32.9 Å². The maximum atomic E-state index is 12.6. The first-order valence-electron chi connectivity index (χ1n) is 8.77. The number of hydrogen-bond donors (Lipinski definition) is 2. The van der Waals surface area contributed by atoms with Gasteiger partial charge in [0, 0.05) is 11.1 Å². The van der Waals surface area contributed by atoms with Crippen molar-refractivity contribution in [3.8, 4) is 0 Å². The number of fused-ring (bicyclic) bond motifs is 1. The number of nitrogens with one attached hydrogen (secondary N) is 2. The Kier molecular flexibility index (Phi) is 5.04. The molecule has 0 spiro atoms. The average Bonchev–Trinajstić information content (AvgIpc) is 3.21. The highest BCUT2D eigenvalue weighted by Gasteiger charge is 2.36. The lowest BCUT2D eigenvalue weighted by Crippen LogP contribution is -2.45. The van der Waals surface area contributed by atoms with E-state index < -0.39 is 23.3 Å². The minimum atomic E-state index is -0.503. The van der Waals surface area contributed by atoms with Gasteiger partial charge in [0.25, 0.3) is 17.7 Å². The molecule has 1 aliphatic heterocycles. The van der Waals surface area contributed by atoms with Crippen LogP contribution in [0.15, 0.2) is 41.0 Å². The molecular formula is C20H21N3O5. The fourth-order valence-corrected chi connectivity index (χ4v) is 2.86. The van der Waals surface area contributed by atoms with Gasteiger partial charge in [-0.25, -0.2) is 0 Å². The minimum absolute atomic E-state index is 0.0217. The fourth-order valence-electron chi connectivity index (χ4n) is 2.86. The molecule has 1 aliphatic rings. The van der Waals surface area contributed by atoms with Gasteiger partial charge < -0.3 is 15.1 Å². The van der Waals surface area contributed by atoms with Crippen LogP contribution in [-0.2, 0) is 11.3 Å². The molecule has 1 aromatic carbocycles. The van der Waals surface area contributed by atoms with Gasteiger partial charge in [-0.1, -0.05) is 0 Å². The standard InChI is InChI=1S/C20H21N3O5/c1-20(2,3)22-16(24)10-21-17(25)12-6-7-14-15(9-12)19(27)23(18(14)26)11-13-5-4-8-28-13/h4-9H,10-11H2,1-3H3,(H,21,25)(H,22,24). The zero-order valence-corrected chi connectivity index (χ0v) is 15.9. The Balaban J connectivity index is 1.70. The Labute approximate surface area is 161 Å². The van der Waals surface area contributed by atoms with Crippen molar-refractivity contribution < 1.29 is 23.6 Å². The van der Waals surface area contributed by atoms with Crippen molar-refractivity contribution in [2.75, 3.05) is 6.54 Å². The van der Waals surface area contributed by atoms with Crippen molar-refractivity contribution >= 4 is 23.6 Å². The maximum Gasteiger partial charge on any atom is 0.261 e. The third kappa shape index (κ3) is 4.11. The molecule has 0 bridgehead atoms. The van der Waals surface area contributed by atoms with E-state index >= 15 is 0 Å². The lowest BCUT2D eigenvalue weighted by molar-refractivity contribution is -0.121. The average molecular weight is 383 g/mol. The van der Waals surface area contributed by atoms with E-state index in [1.807, 2.05) is 20.8 Å². The molecule has 0 radical (unpaired) electrons. The van der Waals surface area contributed by atoms with Gasteiger partial charge in [0.05, 0.1) is 30.5 Å². The van der Waals surface area contributed by atoms with Crippen LogP contribution >= 0.6 is 0 Å². The van der Waals surface area contributed by atoms with E-state index in [1.54, 1.807) is 12.1 Å². The molecule has 0 saturated heterocycles. The third-order valence-corrected chi connectivity index (χ3v) is 4.05. The Morgan fingerprint density at radius 3 is 2.43 bits per heavy atom. The predicted octanol–water partition coefficient (Wildman–Crippen LogP) is 1.72. The number of hydrogen-bond acceptors (Lipinski definition) is 5. The lowest BCUT2D eigenvalue weighted by Gasteiger charge is -2.20. The molecule has 2 heterocycles. The second-order valence-electron chi connectivity index (χ2n) is 7.52. The Morgan fingerprint density at radius 1 is 1.07 bits per heavy atom. The summed E-state index contributed by atoms with van der Waals surface area (Å²) in [6.07, 6.45) is 1.46. The lowest BCUT2D eigenvalue weighted by atomic mass is 10.1. The molecule has 8 heteroatoms. The first-order chi connectivity index (χ1) is 13.2. The number of nitrogens with zero attached hydrogens (tertiary/aromatic N) is 1. The normalized spacial score (nSPS) is 13.5. The van der Waals surface area contributed by atoms with Gasteiger partial charge in [0.15, 0.2) is 0 Å². The van der Waals surface area contributed by atoms with Crippen LogP contribution in [0.5, 0.6) is 0 Å². The van der Waals surface area contributed by atoms with E-state index in [4.69, 9.17) is 4.42 Å². The smallest absolute Gasteiger partial charge is 0.261 e. The van der Waals surface area contributed by atoms with Gasteiger partial charge in [-0.15, -0.1) is 0 Å². The van der Waals surface area contributed by atoms with E-state index in [0.29, 0.717) is 5.76 Å². The summed E-state index contributed by atoms with van der Waals surface area (Å²) >= 11 is 0. The van der Waals surface area contributed by atoms with Gasteiger partial charge in [-0.05, 0) is 51.1 Å². The van der Waals surface area contributed by atoms with Crippen LogP contribution < -0.4 is 10.6 Å². The van der Waals surface area contributed by atoms with Crippen molar-refractivity contribution in [2.24, 2.45) is 0 Å². The van der Waals surface area contributed by atoms with Crippen molar-refractivity contribution in [1.82, 2.24) is 15.5 Å². The van der Waals surface area contributed by atoms with Crippen molar-refractivity contribution in [3.05, 3.63) is 59.0 Å². The maximum absolute atomic E-state index is 12.6. The molecule has 4 amide bonds. The van der Waals surface area contributed by atoms with E-state index in [-0.39, 0.29) is 35.7 Å². The van der Waals surface area contributed by atoms with E-state index in [0.717, 1.165) is 4.90 Å². The quantitative estimate of drug-likeness (QED) is 0.764. The monoisotopic (exact) mass is 383 g/mol. The summed E-state index contributed by atoms with van der Waals surface area (Å²) in [5, 5.41) is 5.25. The number of furan rings is 1. The van der Waals surface area contributed by atoms with Crippen LogP contribution in [0.3, 0.4) is 0 Å². The Hall–Kier alpha value is -3.42. The van der Waals surface area contributed by atoms with Gasteiger partial charge >= 0.3 is 0 Å². The summed E-state index contributed by atoms with van der Waals surface area (Å²) in [6, 6.07) is 7.62. The van der Waals surface area contributed by atoms with E-state index in [2.05, 4.69) is 10.6 Å². The Morgan fingerprint density at radius 2 is 1.79 bits per heavy atom. The summed E-state index contributed by atoms with van der Waals surface area (Å²) in [4.78, 5) is 50.3. The summed E-state index contributed by atoms with van der Waals surface area (Å²) in [5.74, 6) is -1.27. The second-order valence-corrected chi connectivity index (χ2v) is 7.52. The molecule has 1 aromatic heterocycles. The van der Waals surface area contributed by atoms with Crippen LogP contribution in [-0.4, -0.2) is 40.6 Å². The predicted molar refractivity (Wildman–Crippen MR) is 99.6 cm³/mol. The highest BCUT2D eigenvalue weighted by atomic mass is 16.3. The minimum Gasteiger partial charge on any atom is -0.467 e. The van der Waals surface area contributed by atoms with Gasteiger partial charge in [0.2, 0.25) is 5.91 Å². The molecule has 2 aromatic rings. The number of rotatable bonds is 5. The van der Waals surface area contributed by atoms with Crippen LogP contribution in [0.4, 0.5) is 0 Å². The summed E-state index contributed by atoms with van der Waals surface area (Å²) in [6.45, 7) is 5.34. The van der Waals surface area contributed by atoms with Crippen LogP contribution in [0.25, 0.3) is 0 Å². The molecule has 0 unspecified atom stereocenters. The molecule has 146 valence electrons. The van der Waals surface area contributed by atoms with Gasteiger partial charge in [-0.3, -0.25) is 24.1 Å². The molecule has 2 N–H and O–H groups in total. The van der Waals surface area contributed by atoms with Crippen molar-refractivity contribution in [3.63, 3.8) is 0 Å². The SMILES string of the molecule is CC(C)(C)NC(=O)CNC(=O)c1ccc2c(c1)C(=O)N(Cc1ccco1)C2=O. The topological polar surface area (TPSA) is 109 Å². The Bertz CT molecular complexity index is 941. The summed E-state index contributed by atoms with van der Waals surface area (Å²) < 4.78 is 5.19. The number of imide groups is 1. The van der Waals surface area contributed by atoms with Crippen molar-refractivity contribution in [1.29, 1.82) is 0 Å². The zero-order valence-electron chi connectivity index (χ0n) is 15.9.